The predicted octanol–water partition coefficient (Wildman–Crippen LogP) is 6.91. The third kappa shape index (κ3) is 7.76. The van der Waals surface area contributed by atoms with Gasteiger partial charge in [0.1, 0.15) is 5.75 Å². The number of esters is 1. The molecule has 0 N–H and O–H groups in total. The van der Waals surface area contributed by atoms with Crippen molar-refractivity contribution in [2.24, 2.45) is 0 Å². The molecule has 0 saturated carbocycles. The highest BCUT2D eigenvalue weighted by atomic mass is 32.2. The van der Waals surface area contributed by atoms with Gasteiger partial charge in [-0.05, 0) is 64.5 Å². The van der Waals surface area contributed by atoms with E-state index in [1.165, 1.54) is 34.7 Å². The molecule has 170 valence electrons. The zero-order valence-corrected chi connectivity index (χ0v) is 20.9. The second-order valence-electron chi connectivity index (χ2n) is 8.15. The first-order valence-corrected chi connectivity index (χ1v) is 12.6. The Labute approximate surface area is 194 Å². The Morgan fingerprint density at radius 3 is 2.35 bits per heavy atom. The number of carbonyl (C=O) groups excluding carboxylic acids is 1. The van der Waals surface area contributed by atoms with Crippen LogP contribution in [-0.4, -0.2) is 29.2 Å². The van der Waals surface area contributed by atoms with Crippen LogP contribution in [0.3, 0.4) is 0 Å². The number of hydrogen-bond donors (Lipinski definition) is 0. The van der Waals surface area contributed by atoms with Gasteiger partial charge < -0.3 is 9.47 Å². The van der Waals surface area contributed by atoms with Crippen molar-refractivity contribution in [3.05, 3.63) is 65.2 Å². The van der Waals surface area contributed by atoms with Gasteiger partial charge in [0.2, 0.25) is 4.33 Å². The van der Waals surface area contributed by atoms with Gasteiger partial charge in [-0.15, -0.1) is 23.5 Å². The van der Waals surface area contributed by atoms with Crippen molar-refractivity contribution in [1.29, 1.82) is 0 Å². The largest absolute Gasteiger partial charge is 0.476 e. The Kier molecular flexibility index (Phi) is 9.31. The Morgan fingerprint density at radius 2 is 1.77 bits per heavy atom. The van der Waals surface area contributed by atoms with Gasteiger partial charge in [0.25, 0.3) is 0 Å². The fourth-order valence-corrected chi connectivity index (χ4v) is 5.49. The maximum Gasteiger partial charge on any atom is 0.350 e. The summed E-state index contributed by atoms with van der Waals surface area (Å²) in [7, 11) is 0. The van der Waals surface area contributed by atoms with E-state index in [0.29, 0.717) is 22.8 Å². The SMILES string of the molecule is CCSC(F)(SCCc1cccc(C)c1)c1ccc(OC(C)(C)C(=O)OC(C)C)cc1. The molecule has 2 aromatic carbocycles. The van der Waals surface area contributed by atoms with E-state index in [1.807, 2.05) is 13.0 Å². The molecule has 0 radical (unpaired) electrons. The van der Waals surface area contributed by atoms with Crippen LogP contribution in [0.4, 0.5) is 4.39 Å². The number of carbonyl (C=O) groups is 1. The predicted molar refractivity (Wildman–Crippen MR) is 131 cm³/mol. The molecule has 6 heteroatoms. The first kappa shape index (κ1) is 25.6. The van der Waals surface area contributed by atoms with Gasteiger partial charge >= 0.3 is 5.97 Å². The summed E-state index contributed by atoms with van der Waals surface area (Å²) >= 11 is 2.60. The molecule has 0 aliphatic carbocycles. The number of thioether (sulfide) groups is 2. The average Bonchev–Trinajstić information content (AvgIpc) is 2.68. The maximum absolute atomic E-state index is 15.9. The summed E-state index contributed by atoms with van der Waals surface area (Å²) in [5.41, 5.74) is 1.89. The molecule has 3 nitrogen and oxygen atoms in total. The molecule has 0 heterocycles. The molecular weight excluding hydrogens is 431 g/mol. The van der Waals surface area contributed by atoms with Crippen molar-refractivity contribution < 1.29 is 18.7 Å². The van der Waals surface area contributed by atoms with Gasteiger partial charge in [-0.3, -0.25) is 0 Å². The van der Waals surface area contributed by atoms with E-state index in [-0.39, 0.29) is 6.10 Å². The van der Waals surface area contributed by atoms with Crippen LogP contribution in [0.2, 0.25) is 0 Å². The lowest BCUT2D eigenvalue weighted by Crippen LogP contribution is -2.40. The monoisotopic (exact) mass is 464 g/mol. The van der Waals surface area contributed by atoms with Gasteiger partial charge in [-0.1, -0.05) is 48.9 Å². The van der Waals surface area contributed by atoms with Crippen LogP contribution in [0.1, 0.15) is 51.3 Å². The van der Waals surface area contributed by atoms with Crippen molar-refractivity contribution in [1.82, 2.24) is 0 Å². The van der Waals surface area contributed by atoms with E-state index in [1.54, 1.807) is 52.0 Å². The molecule has 0 amide bonds. The summed E-state index contributed by atoms with van der Waals surface area (Å²) in [5.74, 6) is 1.42. The average molecular weight is 465 g/mol. The maximum atomic E-state index is 15.9. The van der Waals surface area contributed by atoms with Crippen LogP contribution in [0.25, 0.3) is 0 Å². The number of rotatable bonds is 11. The summed E-state index contributed by atoms with van der Waals surface area (Å²) < 4.78 is 25.4. The topological polar surface area (TPSA) is 35.5 Å². The van der Waals surface area contributed by atoms with Crippen LogP contribution in [0.15, 0.2) is 48.5 Å². The second kappa shape index (κ2) is 11.3. The molecule has 0 aliphatic rings. The van der Waals surface area contributed by atoms with E-state index in [9.17, 15) is 4.79 Å². The van der Waals surface area contributed by atoms with Gasteiger partial charge in [-0.2, -0.15) is 0 Å². The van der Waals surface area contributed by atoms with E-state index < -0.39 is 15.9 Å². The standard InChI is InChI=1S/C25H33FO3S2/c1-7-30-25(26,31-16-15-20-10-8-9-19(4)17-20)21-11-13-22(14-12-21)29-24(5,6)23(27)28-18(2)3/h8-14,17-18H,7,15-16H2,1-6H3. The molecular formula is C25H33FO3S2. The minimum atomic E-state index is -1.54. The Morgan fingerprint density at radius 1 is 1.10 bits per heavy atom. The smallest absolute Gasteiger partial charge is 0.350 e. The van der Waals surface area contributed by atoms with Crippen molar-refractivity contribution in [2.75, 3.05) is 11.5 Å². The van der Waals surface area contributed by atoms with Crippen LogP contribution >= 0.6 is 23.5 Å². The first-order chi connectivity index (χ1) is 14.6. The zero-order valence-electron chi connectivity index (χ0n) is 19.2. The lowest BCUT2D eigenvalue weighted by molar-refractivity contribution is -0.163. The third-order valence-electron chi connectivity index (χ3n) is 4.50. The van der Waals surface area contributed by atoms with E-state index in [0.717, 1.165) is 6.42 Å². The number of benzene rings is 2. The quantitative estimate of drug-likeness (QED) is 0.267. The summed E-state index contributed by atoms with van der Waals surface area (Å²) in [6.45, 7) is 11.0. The highest BCUT2D eigenvalue weighted by molar-refractivity contribution is 8.17. The second-order valence-corrected chi connectivity index (χ2v) is 11.1. The van der Waals surface area contributed by atoms with Crippen molar-refractivity contribution in [3.63, 3.8) is 0 Å². The summed E-state index contributed by atoms with van der Waals surface area (Å²) in [5, 5.41) is 0. The third-order valence-corrected chi connectivity index (χ3v) is 7.12. The molecule has 2 rings (SSSR count). The summed E-state index contributed by atoms with van der Waals surface area (Å²) in [6, 6.07) is 15.2. The minimum absolute atomic E-state index is 0.215. The van der Waals surface area contributed by atoms with Crippen LogP contribution in [0, 0.1) is 6.92 Å². The zero-order chi connectivity index (χ0) is 23.1. The van der Waals surface area contributed by atoms with Gasteiger partial charge in [0, 0.05) is 11.3 Å². The summed E-state index contributed by atoms with van der Waals surface area (Å²) in [6.07, 6.45) is 0.600. The highest BCUT2D eigenvalue weighted by Crippen LogP contribution is 2.48. The Balaban J connectivity index is 2.06. The van der Waals surface area contributed by atoms with Crippen molar-refractivity contribution in [2.45, 2.75) is 64.0 Å². The lowest BCUT2D eigenvalue weighted by Gasteiger charge is -2.27. The molecule has 0 aromatic heterocycles. The first-order valence-electron chi connectivity index (χ1n) is 10.6. The Bertz CT molecular complexity index is 852. The van der Waals surface area contributed by atoms with Crippen molar-refractivity contribution >= 4 is 29.5 Å². The van der Waals surface area contributed by atoms with Gasteiger partial charge in [0.15, 0.2) is 5.60 Å². The number of alkyl halides is 1. The van der Waals surface area contributed by atoms with Gasteiger partial charge in [-0.25, -0.2) is 9.18 Å². The van der Waals surface area contributed by atoms with E-state index in [4.69, 9.17) is 9.47 Å². The minimum Gasteiger partial charge on any atom is -0.476 e. The number of halogens is 1. The fourth-order valence-electron chi connectivity index (χ4n) is 2.98. The van der Waals surface area contributed by atoms with E-state index >= 15 is 4.39 Å². The lowest BCUT2D eigenvalue weighted by atomic mass is 10.1. The molecule has 0 fully saturated rings. The molecule has 0 aliphatic heterocycles. The van der Waals surface area contributed by atoms with Gasteiger partial charge in [0.05, 0.1) is 6.10 Å². The fraction of sp³-hybridized carbons (Fsp3) is 0.480. The highest BCUT2D eigenvalue weighted by Gasteiger charge is 2.34. The number of aryl methyl sites for hydroxylation is 2. The molecule has 0 bridgehead atoms. The molecule has 1 unspecified atom stereocenters. The number of hydrogen-bond acceptors (Lipinski definition) is 5. The molecule has 0 saturated heterocycles. The Hall–Kier alpha value is -1.66. The molecule has 31 heavy (non-hydrogen) atoms. The van der Waals surface area contributed by atoms with Crippen molar-refractivity contribution in [3.8, 4) is 5.75 Å². The normalized spacial score (nSPS) is 13.7. The van der Waals surface area contributed by atoms with Crippen LogP contribution < -0.4 is 4.74 Å². The molecule has 2 aromatic rings. The number of ether oxygens (including phenoxy) is 2. The molecule has 1 atom stereocenters. The van der Waals surface area contributed by atoms with Crippen LogP contribution in [0.5, 0.6) is 5.75 Å². The van der Waals surface area contributed by atoms with Crippen LogP contribution in [-0.2, 0) is 20.3 Å². The van der Waals surface area contributed by atoms with E-state index in [2.05, 4.69) is 25.1 Å². The summed E-state index contributed by atoms with van der Waals surface area (Å²) in [4.78, 5) is 12.2. The molecule has 0 spiro atoms.